The van der Waals surface area contributed by atoms with Crippen LogP contribution in [0.25, 0.3) is 10.9 Å². The van der Waals surface area contributed by atoms with Crippen molar-refractivity contribution >= 4 is 16.8 Å². The summed E-state index contributed by atoms with van der Waals surface area (Å²) in [5.41, 5.74) is 3.89. The third-order valence-corrected chi connectivity index (χ3v) is 5.11. The molecule has 1 aliphatic heterocycles. The van der Waals surface area contributed by atoms with E-state index in [9.17, 15) is 15.0 Å². The maximum absolute atomic E-state index is 13.0. The number of piperidine rings is 1. The number of hydrogen-bond donors (Lipinski definition) is 2. The Kier molecular flexibility index (Phi) is 4.17. The van der Waals surface area contributed by atoms with Gasteiger partial charge in [0.2, 0.25) is 0 Å². The lowest BCUT2D eigenvalue weighted by Gasteiger charge is -2.35. The molecule has 0 spiro atoms. The molecule has 2 N–H and O–H groups in total. The van der Waals surface area contributed by atoms with E-state index >= 15 is 0 Å². The molecular formula is C18H24N2O3. The average Bonchev–Trinajstić information content (AvgIpc) is 2.79. The molecule has 1 aromatic heterocycles. The van der Waals surface area contributed by atoms with Gasteiger partial charge in [-0.2, -0.15) is 0 Å². The van der Waals surface area contributed by atoms with E-state index in [1.165, 1.54) is 0 Å². The Morgan fingerprint density at radius 2 is 2.09 bits per heavy atom. The van der Waals surface area contributed by atoms with Gasteiger partial charge in [0.05, 0.1) is 11.6 Å². The summed E-state index contributed by atoms with van der Waals surface area (Å²) in [6.45, 7) is 4.85. The molecule has 1 aliphatic rings. The van der Waals surface area contributed by atoms with Crippen LogP contribution < -0.4 is 0 Å². The quantitative estimate of drug-likeness (QED) is 0.885. The number of aryl methyl sites for hydroxylation is 3. The number of aromatic nitrogens is 1. The molecular weight excluding hydrogens is 292 g/mol. The van der Waals surface area contributed by atoms with E-state index in [0.29, 0.717) is 18.7 Å². The SMILES string of the molecule is Cc1c(C(=O)N2CC[C@H](CO)[C@@H](O)C2)n(C)c2c(C)cccc12. The number of aliphatic hydroxyl groups is 2. The summed E-state index contributed by atoms with van der Waals surface area (Å²) < 4.78 is 1.97. The Hall–Kier alpha value is -1.85. The number of para-hydroxylation sites is 1. The van der Waals surface area contributed by atoms with Gasteiger partial charge in [0.25, 0.3) is 5.91 Å². The van der Waals surface area contributed by atoms with Crippen molar-refractivity contribution in [3.8, 4) is 0 Å². The monoisotopic (exact) mass is 316 g/mol. The van der Waals surface area contributed by atoms with Crippen LogP contribution in [0.15, 0.2) is 18.2 Å². The fraction of sp³-hybridized carbons (Fsp3) is 0.500. The minimum Gasteiger partial charge on any atom is -0.396 e. The minimum atomic E-state index is -0.658. The zero-order valence-electron chi connectivity index (χ0n) is 13.9. The van der Waals surface area contributed by atoms with E-state index in [4.69, 9.17) is 0 Å². The lowest BCUT2D eigenvalue weighted by atomic mass is 9.94. The first-order valence-corrected chi connectivity index (χ1v) is 8.08. The van der Waals surface area contributed by atoms with Crippen LogP contribution in [0.4, 0.5) is 0 Å². The highest BCUT2D eigenvalue weighted by Gasteiger charge is 2.32. The average molecular weight is 316 g/mol. The molecule has 3 rings (SSSR count). The number of nitrogens with zero attached hydrogens (tertiary/aromatic N) is 2. The highest BCUT2D eigenvalue weighted by molar-refractivity contribution is 6.02. The molecule has 1 fully saturated rings. The van der Waals surface area contributed by atoms with Crippen molar-refractivity contribution in [2.75, 3.05) is 19.7 Å². The highest BCUT2D eigenvalue weighted by atomic mass is 16.3. The van der Waals surface area contributed by atoms with Crippen LogP contribution in [0.5, 0.6) is 0 Å². The third kappa shape index (κ3) is 2.54. The summed E-state index contributed by atoms with van der Waals surface area (Å²) >= 11 is 0. The van der Waals surface area contributed by atoms with Gasteiger partial charge in [-0.15, -0.1) is 0 Å². The molecule has 1 aromatic carbocycles. The van der Waals surface area contributed by atoms with E-state index in [0.717, 1.165) is 22.0 Å². The maximum Gasteiger partial charge on any atom is 0.270 e. The zero-order chi connectivity index (χ0) is 16.7. The normalized spacial score (nSPS) is 21.9. The summed E-state index contributed by atoms with van der Waals surface area (Å²) in [6.07, 6.45) is -0.0276. The lowest BCUT2D eigenvalue weighted by molar-refractivity contribution is 0.000507. The van der Waals surface area contributed by atoms with E-state index in [2.05, 4.69) is 0 Å². The second kappa shape index (κ2) is 5.98. The number of carbonyl (C=O) groups excluding carboxylic acids is 1. The predicted octanol–water partition coefficient (Wildman–Crippen LogP) is 1.61. The Labute approximate surface area is 136 Å². The number of rotatable bonds is 2. The van der Waals surface area contributed by atoms with Crippen LogP contribution in [0.3, 0.4) is 0 Å². The van der Waals surface area contributed by atoms with Crippen molar-refractivity contribution in [2.24, 2.45) is 13.0 Å². The predicted molar refractivity (Wildman–Crippen MR) is 89.5 cm³/mol. The number of likely N-dealkylation sites (tertiary alicyclic amines) is 1. The smallest absolute Gasteiger partial charge is 0.270 e. The van der Waals surface area contributed by atoms with Gasteiger partial charge in [-0.25, -0.2) is 0 Å². The van der Waals surface area contributed by atoms with Crippen LogP contribution in [-0.2, 0) is 7.05 Å². The number of carbonyl (C=O) groups is 1. The molecule has 2 atom stereocenters. The van der Waals surface area contributed by atoms with Crippen LogP contribution in [-0.4, -0.2) is 51.4 Å². The van der Waals surface area contributed by atoms with Crippen molar-refractivity contribution in [1.29, 1.82) is 0 Å². The highest BCUT2D eigenvalue weighted by Crippen LogP contribution is 2.29. The van der Waals surface area contributed by atoms with E-state index in [1.54, 1.807) is 4.90 Å². The van der Waals surface area contributed by atoms with Gasteiger partial charge in [0.1, 0.15) is 5.69 Å². The number of β-amino-alcohol motifs (C(OH)–C–C–N with tert-alkyl or cyclic N) is 1. The molecule has 2 heterocycles. The number of fused-ring (bicyclic) bond motifs is 1. The van der Waals surface area contributed by atoms with Gasteiger partial charge in [0, 0.05) is 38.0 Å². The second-order valence-corrected chi connectivity index (χ2v) is 6.55. The van der Waals surface area contributed by atoms with E-state index in [1.807, 2.05) is 43.7 Å². The first-order chi connectivity index (χ1) is 11.0. The summed E-state index contributed by atoms with van der Waals surface area (Å²) in [5.74, 6) is -0.175. The number of benzene rings is 1. The van der Waals surface area contributed by atoms with Gasteiger partial charge < -0.3 is 19.7 Å². The minimum absolute atomic E-state index is 0.0323. The fourth-order valence-electron chi connectivity index (χ4n) is 3.73. The van der Waals surface area contributed by atoms with Crippen molar-refractivity contribution in [2.45, 2.75) is 26.4 Å². The largest absolute Gasteiger partial charge is 0.396 e. The first-order valence-electron chi connectivity index (χ1n) is 8.08. The van der Waals surface area contributed by atoms with Crippen molar-refractivity contribution < 1.29 is 15.0 Å². The third-order valence-electron chi connectivity index (χ3n) is 5.11. The van der Waals surface area contributed by atoms with Crippen molar-refractivity contribution in [3.05, 3.63) is 35.0 Å². The molecule has 0 unspecified atom stereocenters. The number of amides is 1. The fourth-order valence-corrected chi connectivity index (χ4v) is 3.73. The first kappa shape index (κ1) is 16.0. The molecule has 1 amide bonds. The van der Waals surface area contributed by atoms with Crippen LogP contribution in [0.2, 0.25) is 0 Å². The number of hydrogen-bond acceptors (Lipinski definition) is 3. The van der Waals surface area contributed by atoms with Crippen molar-refractivity contribution in [3.63, 3.8) is 0 Å². The molecule has 0 radical (unpaired) electrons. The van der Waals surface area contributed by atoms with E-state index in [-0.39, 0.29) is 25.0 Å². The van der Waals surface area contributed by atoms with E-state index < -0.39 is 6.10 Å². The van der Waals surface area contributed by atoms with Crippen molar-refractivity contribution in [1.82, 2.24) is 9.47 Å². The van der Waals surface area contributed by atoms with Gasteiger partial charge in [-0.05, 0) is 31.4 Å². The van der Waals surface area contributed by atoms with Crippen LogP contribution in [0, 0.1) is 19.8 Å². The van der Waals surface area contributed by atoms with Gasteiger partial charge in [0.15, 0.2) is 0 Å². The van der Waals surface area contributed by atoms with Gasteiger partial charge >= 0.3 is 0 Å². The van der Waals surface area contributed by atoms with Crippen LogP contribution >= 0.6 is 0 Å². The standard InChI is InChI=1S/C18H24N2O3/c1-11-5-4-6-14-12(2)17(19(3)16(11)14)18(23)20-8-7-13(10-21)15(22)9-20/h4-6,13,15,21-22H,7-10H2,1-3H3/t13-,15+/m1/s1. The molecule has 2 aromatic rings. The molecule has 0 saturated carbocycles. The molecule has 5 nitrogen and oxygen atoms in total. The Bertz CT molecular complexity index is 750. The summed E-state index contributed by atoms with van der Waals surface area (Å²) in [7, 11) is 1.92. The summed E-state index contributed by atoms with van der Waals surface area (Å²) in [5, 5.41) is 20.4. The molecule has 5 heteroatoms. The Morgan fingerprint density at radius 3 is 2.70 bits per heavy atom. The summed E-state index contributed by atoms with van der Waals surface area (Å²) in [6, 6.07) is 6.10. The van der Waals surface area contributed by atoms with Crippen LogP contribution in [0.1, 0.15) is 28.0 Å². The second-order valence-electron chi connectivity index (χ2n) is 6.55. The Balaban J connectivity index is 1.98. The topological polar surface area (TPSA) is 65.7 Å². The maximum atomic E-state index is 13.0. The molecule has 23 heavy (non-hydrogen) atoms. The van der Waals surface area contributed by atoms with Gasteiger partial charge in [-0.3, -0.25) is 4.79 Å². The molecule has 1 saturated heterocycles. The number of aliphatic hydroxyl groups excluding tert-OH is 2. The molecule has 0 aliphatic carbocycles. The molecule has 0 bridgehead atoms. The zero-order valence-corrected chi connectivity index (χ0v) is 13.9. The molecule has 124 valence electrons. The Morgan fingerprint density at radius 1 is 1.35 bits per heavy atom. The lowest BCUT2D eigenvalue weighted by Crippen LogP contribution is -2.48. The summed E-state index contributed by atoms with van der Waals surface area (Å²) in [4.78, 5) is 14.7. The van der Waals surface area contributed by atoms with Gasteiger partial charge in [-0.1, -0.05) is 18.2 Å².